The third-order valence-corrected chi connectivity index (χ3v) is 4.68. The Balaban J connectivity index is 2.06. The zero-order valence-corrected chi connectivity index (χ0v) is 12.7. The van der Waals surface area contributed by atoms with Crippen molar-refractivity contribution in [3.05, 3.63) is 24.3 Å². The zero-order chi connectivity index (χ0) is 14.4. The first kappa shape index (κ1) is 15.2. The summed E-state index contributed by atoms with van der Waals surface area (Å²) in [4.78, 5) is 0. The lowest BCUT2D eigenvalue weighted by Gasteiger charge is -2.33. The second-order valence-corrected chi connectivity index (χ2v) is 6.00. The summed E-state index contributed by atoms with van der Waals surface area (Å²) in [6.07, 6.45) is 7.05. The summed E-state index contributed by atoms with van der Waals surface area (Å²) in [6, 6.07) is 7.97. The van der Waals surface area contributed by atoms with Gasteiger partial charge in [0, 0.05) is 5.69 Å². The van der Waals surface area contributed by atoms with E-state index in [0.717, 1.165) is 30.2 Å². The molecule has 0 aliphatic heterocycles. The third kappa shape index (κ3) is 3.66. The van der Waals surface area contributed by atoms with Gasteiger partial charge in [-0.2, -0.15) is 0 Å². The van der Waals surface area contributed by atoms with Crippen LogP contribution in [-0.2, 0) is 0 Å². The summed E-state index contributed by atoms with van der Waals surface area (Å²) >= 11 is 0. The number of aliphatic hydroxyl groups excluding tert-OH is 1. The summed E-state index contributed by atoms with van der Waals surface area (Å²) in [7, 11) is 1.67. The fraction of sp³-hybridized carbons (Fsp3) is 0.647. The molecule has 2 atom stereocenters. The highest BCUT2D eigenvalue weighted by Gasteiger charge is 2.32. The Bertz CT molecular complexity index is 404. The number of hydrogen-bond acceptors (Lipinski definition) is 3. The molecule has 0 saturated heterocycles. The van der Waals surface area contributed by atoms with Gasteiger partial charge in [-0.05, 0) is 49.4 Å². The van der Waals surface area contributed by atoms with Gasteiger partial charge in [-0.1, -0.05) is 26.2 Å². The van der Waals surface area contributed by atoms with E-state index in [-0.39, 0.29) is 12.1 Å². The van der Waals surface area contributed by atoms with E-state index in [1.54, 1.807) is 7.11 Å². The Morgan fingerprint density at radius 1 is 1.25 bits per heavy atom. The number of hydrogen-bond donors (Lipinski definition) is 2. The minimum atomic E-state index is -0.154. The molecule has 3 nitrogen and oxygen atoms in total. The summed E-state index contributed by atoms with van der Waals surface area (Å²) in [5.74, 6) is 1.68. The molecule has 0 aromatic heterocycles. The molecule has 0 heterocycles. The van der Waals surface area contributed by atoms with Crippen molar-refractivity contribution in [2.45, 2.75) is 51.0 Å². The zero-order valence-electron chi connectivity index (χ0n) is 12.7. The van der Waals surface area contributed by atoms with E-state index >= 15 is 0 Å². The van der Waals surface area contributed by atoms with E-state index in [4.69, 9.17) is 4.74 Å². The molecule has 20 heavy (non-hydrogen) atoms. The number of benzene rings is 1. The molecule has 1 fully saturated rings. The van der Waals surface area contributed by atoms with Crippen LogP contribution >= 0.6 is 0 Å². The van der Waals surface area contributed by atoms with Crippen LogP contribution in [0.3, 0.4) is 0 Å². The largest absolute Gasteiger partial charge is 0.497 e. The second kappa shape index (κ2) is 6.98. The molecule has 0 bridgehead atoms. The van der Waals surface area contributed by atoms with Crippen LogP contribution in [0.25, 0.3) is 0 Å². The number of ether oxygens (including phenoxy) is 1. The van der Waals surface area contributed by atoms with Crippen molar-refractivity contribution in [1.82, 2.24) is 0 Å². The average molecular weight is 277 g/mol. The van der Waals surface area contributed by atoms with Crippen molar-refractivity contribution in [1.29, 1.82) is 0 Å². The Morgan fingerprint density at radius 2 is 2.00 bits per heavy atom. The van der Waals surface area contributed by atoms with Crippen LogP contribution in [0.15, 0.2) is 24.3 Å². The van der Waals surface area contributed by atoms with E-state index in [1.807, 2.05) is 24.3 Å². The molecule has 1 aliphatic carbocycles. The van der Waals surface area contributed by atoms with Gasteiger partial charge in [-0.3, -0.25) is 0 Å². The molecular weight excluding hydrogens is 250 g/mol. The van der Waals surface area contributed by atoms with E-state index in [2.05, 4.69) is 12.2 Å². The lowest BCUT2D eigenvalue weighted by atomic mass is 9.89. The molecule has 1 aromatic carbocycles. The SMILES string of the molecule is CCC1CCCC(CO)(Nc2ccc(OC)cc2)CC1. The molecular formula is C17H27NO2. The van der Waals surface area contributed by atoms with Gasteiger partial charge in [0.1, 0.15) is 5.75 Å². The van der Waals surface area contributed by atoms with Crippen molar-refractivity contribution in [2.75, 3.05) is 19.0 Å². The second-order valence-electron chi connectivity index (χ2n) is 6.00. The normalized spacial score (nSPS) is 26.9. The van der Waals surface area contributed by atoms with Crippen molar-refractivity contribution in [2.24, 2.45) is 5.92 Å². The monoisotopic (exact) mass is 277 g/mol. The van der Waals surface area contributed by atoms with Crippen LogP contribution in [0.1, 0.15) is 45.4 Å². The van der Waals surface area contributed by atoms with E-state index in [0.29, 0.717) is 0 Å². The smallest absolute Gasteiger partial charge is 0.119 e. The van der Waals surface area contributed by atoms with Crippen LogP contribution in [0.2, 0.25) is 0 Å². The fourth-order valence-electron chi connectivity index (χ4n) is 3.19. The molecule has 112 valence electrons. The molecule has 2 unspecified atom stereocenters. The van der Waals surface area contributed by atoms with Gasteiger partial charge in [0.25, 0.3) is 0 Å². The van der Waals surface area contributed by atoms with Gasteiger partial charge in [0.2, 0.25) is 0 Å². The number of nitrogens with one attached hydrogen (secondary N) is 1. The molecule has 2 rings (SSSR count). The van der Waals surface area contributed by atoms with Crippen molar-refractivity contribution in [3.63, 3.8) is 0 Å². The molecule has 0 spiro atoms. The quantitative estimate of drug-likeness (QED) is 0.804. The lowest BCUT2D eigenvalue weighted by Crippen LogP contribution is -2.41. The average Bonchev–Trinajstić information content (AvgIpc) is 2.71. The van der Waals surface area contributed by atoms with E-state index in [1.165, 1.54) is 25.7 Å². The van der Waals surface area contributed by atoms with Crippen LogP contribution in [0.4, 0.5) is 5.69 Å². The first-order valence-corrected chi connectivity index (χ1v) is 7.74. The van der Waals surface area contributed by atoms with Gasteiger partial charge in [0.15, 0.2) is 0 Å². The van der Waals surface area contributed by atoms with E-state index < -0.39 is 0 Å². The number of aliphatic hydroxyl groups is 1. The maximum absolute atomic E-state index is 9.90. The Morgan fingerprint density at radius 3 is 2.60 bits per heavy atom. The van der Waals surface area contributed by atoms with Gasteiger partial charge >= 0.3 is 0 Å². The molecule has 0 amide bonds. The minimum absolute atomic E-state index is 0.154. The van der Waals surface area contributed by atoms with Gasteiger partial charge < -0.3 is 15.2 Å². The maximum atomic E-state index is 9.90. The molecule has 0 radical (unpaired) electrons. The predicted molar refractivity (Wildman–Crippen MR) is 83.3 cm³/mol. The third-order valence-electron chi connectivity index (χ3n) is 4.68. The topological polar surface area (TPSA) is 41.5 Å². The highest BCUT2D eigenvalue weighted by Crippen LogP contribution is 2.34. The van der Waals surface area contributed by atoms with Crippen molar-refractivity contribution >= 4 is 5.69 Å². The van der Waals surface area contributed by atoms with Crippen LogP contribution in [0, 0.1) is 5.92 Å². The van der Waals surface area contributed by atoms with Crippen LogP contribution in [0.5, 0.6) is 5.75 Å². The van der Waals surface area contributed by atoms with Crippen LogP contribution in [-0.4, -0.2) is 24.4 Å². The minimum Gasteiger partial charge on any atom is -0.497 e. The van der Waals surface area contributed by atoms with Crippen molar-refractivity contribution < 1.29 is 9.84 Å². The Hall–Kier alpha value is -1.22. The maximum Gasteiger partial charge on any atom is 0.119 e. The van der Waals surface area contributed by atoms with Gasteiger partial charge in [-0.15, -0.1) is 0 Å². The number of methoxy groups -OCH3 is 1. The van der Waals surface area contributed by atoms with Gasteiger partial charge in [-0.25, -0.2) is 0 Å². The number of rotatable bonds is 5. The highest BCUT2D eigenvalue weighted by molar-refractivity contribution is 5.48. The fourth-order valence-corrected chi connectivity index (χ4v) is 3.19. The summed E-state index contributed by atoms with van der Waals surface area (Å²) in [5, 5.41) is 13.5. The predicted octanol–water partition coefficient (Wildman–Crippen LogP) is 3.83. The highest BCUT2D eigenvalue weighted by atomic mass is 16.5. The first-order valence-electron chi connectivity index (χ1n) is 7.74. The lowest BCUT2D eigenvalue weighted by molar-refractivity contribution is 0.194. The Kier molecular flexibility index (Phi) is 5.30. The molecule has 2 N–H and O–H groups in total. The molecule has 1 saturated carbocycles. The van der Waals surface area contributed by atoms with E-state index in [9.17, 15) is 5.11 Å². The Labute approximate surface area is 122 Å². The molecule has 1 aromatic rings. The summed E-state index contributed by atoms with van der Waals surface area (Å²) in [6.45, 7) is 2.48. The molecule has 1 aliphatic rings. The first-order chi connectivity index (χ1) is 9.71. The van der Waals surface area contributed by atoms with Gasteiger partial charge in [0.05, 0.1) is 19.3 Å². The molecule has 3 heteroatoms. The van der Waals surface area contributed by atoms with Crippen molar-refractivity contribution in [3.8, 4) is 5.75 Å². The summed E-state index contributed by atoms with van der Waals surface area (Å²) < 4.78 is 5.18. The number of anilines is 1. The summed E-state index contributed by atoms with van der Waals surface area (Å²) in [5.41, 5.74) is 0.910. The standard InChI is InChI=1S/C17H27NO2/c1-3-14-5-4-11-17(13-19,12-10-14)18-15-6-8-16(20-2)9-7-15/h6-9,14,18-19H,3-5,10-13H2,1-2H3. The van der Waals surface area contributed by atoms with Crippen LogP contribution < -0.4 is 10.1 Å².